The second-order valence-corrected chi connectivity index (χ2v) is 9.10. The van der Waals surface area contributed by atoms with E-state index in [1.54, 1.807) is 79.0 Å². The highest BCUT2D eigenvalue weighted by Gasteiger charge is 2.18. The molecular formula is C31H29N5O7. The molecule has 43 heavy (non-hydrogen) atoms. The minimum Gasteiger partial charge on any atom is -0.496 e. The maximum atomic E-state index is 12.6. The molecule has 0 bridgehead atoms. The number of aromatic nitrogens is 1. The molecule has 4 aromatic rings. The molecule has 3 aromatic carbocycles. The average Bonchev–Trinajstić information content (AvgIpc) is 3.56. The lowest BCUT2D eigenvalue weighted by atomic mass is 10.1. The molecule has 12 heteroatoms. The fourth-order valence-electron chi connectivity index (χ4n) is 3.97. The molecule has 220 valence electrons. The Hall–Kier alpha value is -5.83. The molecule has 1 heterocycles. The van der Waals surface area contributed by atoms with E-state index in [4.69, 9.17) is 23.9 Å². The zero-order valence-corrected chi connectivity index (χ0v) is 23.2. The SMILES string of the molecule is COc1cc(NC(=O)Nc2cccc(CNC(=O)O[C@H](CCC#N)COC(=O)c3ccccc3)c2)ccc1-c1cnco1. The Morgan fingerprint density at radius 1 is 1.00 bits per heavy atom. The van der Waals surface area contributed by atoms with Gasteiger partial charge < -0.3 is 34.6 Å². The van der Waals surface area contributed by atoms with Crippen molar-refractivity contribution in [2.75, 3.05) is 24.4 Å². The van der Waals surface area contributed by atoms with Crippen LogP contribution < -0.4 is 20.7 Å². The van der Waals surface area contributed by atoms with Crippen molar-refractivity contribution >= 4 is 29.5 Å². The van der Waals surface area contributed by atoms with Crippen LogP contribution in [0.15, 0.2) is 89.8 Å². The second-order valence-electron chi connectivity index (χ2n) is 9.10. The van der Waals surface area contributed by atoms with Crippen LogP contribution in [0.4, 0.5) is 21.0 Å². The van der Waals surface area contributed by atoms with Crippen LogP contribution in [0.5, 0.6) is 5.75 Å². The first-order valence-corrected chi connectivity index (χ1v) is 13.2. The van der Waals surface area contributed by atoms with Gasteiger partial charge in [-0.25, -0.2) is 19.4 Å². The van der Waals surface area contributed by atoms with Crippen molar-refractivity contribution in [3.63, 3.8) is 0 Å². The largest absolute Gasteiger partial charge is 0.496 e. The third-order valence-corrected chi connectivity index (χ3v) is 6.04. The van der Waals surface area contributed by atoms with Gasteiger partial charge >= 0.3 is 18.1 Å². The zero-order valence-electron chi connectivity index (χ0n) is 23.2. The number of rotatable bonds is 12. The predicted molar refractivity (Wildman–Crippen MR) is 156 cm³/mol. The molecule has 0 radical (unpaired) electrons. The number of nitriles is 1. The number of methoxy groups -OCH3 is 1. The van der Waals surface area contributed by atoms with E-state index < -0.39 is 24.2 Å². The van der Waals surface area contributed by atoms with Gasteiger partial charge in [0.05, 0.1) is 30.5 Å². The van der Waals surface area contributed by atoms with E-state index in [2.05, 4.69) is 20.9 Å². The van der Waals surface area contributed by atoms with Crippen LogP contribution in [-0.2, 0) is 16.0 Å². The number of esters is 1. The number of amides is 3. The van der Waals surface area contributed by atoms with Gasteiger partial charge in [0.25, 0.3) is 0 Å². The Balaban J connectivity index is 1.27. The van der Waals surface area contributed by atoms with Gasteiger partial charge in [-0.05, 0) is 42.0 Å². The third-order valence-electron chi connectivity index (χ3n) is 6.04. The molecule has 0 unspecified atom stereocenters. The van der Waals surface area contributed by atoms with Gasteiger partial charge in [0.1, 0.15) is 18.5 Å². The summed E-state index contributed by atoms with van der Waals surface area (Å²) in [7, 11) is 1.52. The summed E-state index contributed by atoms with van der Waals surface area (Å²) < 4.78 is 21.4. The molecule has 0 saturated carbocycles. The first kappa shape index (κ1) is 30.1. The van der Waals surface area contributed by atoms with Crippen LogP contribution >= 0.6 is 0 Å². The summed E-state index contributed by atoms with van der Waals surface area (Å²) in [5.74, 6) is 0.479. The summed E-state index contributed by atoms with van der Waals surface area (Å²) in [5.41, 5.74) is 2.74. The molecule has 0 spiro atoms. The minimum absolute atomic E-state index is 0.102. The van der Waals surface area contributed by atoms with E-state index >= 15 is 0 Å². The highest BCUT2D eigenvalue weighted by atomic mass is 16.6. The average molecular weight is 584 g/mol. The quantitative estimate of drug-likeness (QED) is 0.176. The van der Waals surface area contributed by atoms with Gasteiger partial charge in [-0.1, -0.05) is 30.3 Å². The predicted octanol–water partition coefficient (Wildman–Crippen LogP) is 5.75. The van der Waals surface area contributed by atoms with Crippen molar-refractivity contribution < 1.29 is 33.0 Å². The van der Waals surface area contributed by atoms with Crippen LogP contribution in [0.1, 0.15) is 28.8 Å². The Bertz CT molecular complexity index is 1570. The van der Waals surface area contributed by atoms with Crippen LogP contribution in [0, 0.1) is 11.3 Å². The highest BCUT2D eigenvalue weighted by molar-refractivity contribution is 6.00. The maximum Gasteiger partial charge on any atom is 0.407 e. The number of urea groups is 1. The molecule has 3 amide bonds. The summed E-state index contributed by atoms with van der Waals surface area (Å²) in [6.07, 6.45) is 1.67. The Morgan fingerprint density at radius 3 is 2.51 bits per heavy atom. The number of benzene rings is 3. The number of hydrogen-bond donors (Lipinski definition) is 3. The van der Waals surface area contributed by atoms with Crippen molar-refractivity contribution in [3.8, 4) is 23.1 Å². The lowest BCUT2D eigenvalue weighted by Gasteiger charge is -2.17. The Labute approximate surface area is 247 Å². The van der Waals surface area contributed by atoms with Crippen LogP contribution in [-0.4, -0.2) is 42.9 Å². The molecule has 3 N–H and O–H groups in total. The summed E-state index contributed by atoms with van der Waals surface area (Å²) in [6, 6.07) is 22.0. The molecule has 0 aliphatic heterocycles. The van der Waals surface area contributed by atoms with Gasteiger partial charge in [0.15, 0.2) is 12.2 Å². The van der Waals surface area contributed by atoms with Gasteiger partial charge in [0, 0.05) is 36.8 Å². The number of anilines is 2. The van der Waals surface area contributed by atoms with E-state index in [0.29, 0.717) is 39.6 Å². The zero-order chi connectivity index (χ0) is 30.4. The summed E-state index contributed by atoms with van der Waals surface area (Å²) in [5, 5.41) is 17.1. The fraction of sp³-hybridized carbons (Fsp3) is 0.194. The van der Waals surface area contributed by atoms with Crippen molar-refractivity contribution in [1.82, 2.24) is 10.3 Å². The first-order valence-electron chi connectivity index (χ1n) is 13.2. The number of carbonyl (C=O) groups excluding carboxylic acids is 3. The molecule has 4 rings (SSSR count). The van der Waals surface area contributed by atoms with Crippen LogP contribution in [0.3, 0.4) is 0 Å². The standard InChI is InChI=1S/C31H29N5O7/c1-40-27-16-24(12-13-26(27)28-18-33-20-42-28)36-30(38)35-23-10-5-7-21(15-23)17-34-31(39)43-25(11-6-14-32)19-41-29(37)22-8-3-2-4-9-22/h2-5,7-10,12-13,15-16,18,20,25H,6,11,17,19H2,1H3,(H,34,39)(H2,35,36,38)/t25-/m1/s1. The Morgan fingerprint density at radius 2 is 1.79 bits per heavy atom. The number of nitrogens with one attached hydrogen (secondary N) is 3. The topological polar surface area (TPSA) is 165 Å². The van der Waals surface area contributed by atoms with Gasteiger partial charge in [-0.2, -0.15) is 5.26 Å². The minimum atomic E-state index is -0.799. The lowest BCUT2D eigenvalue weighted by Crippen LogP contribution is -2.31. The maximum absolute atomic E-state index is 12.6. The number of alkyl carbamates (subject to hydrolysis) is 1. The normalized spacial score (nSPS) is 11.0. The lowest BCUT2D eigenvalue weighted by molar-refractivity contribution is 0.0154. The number of hydrogen-bond acceptors (Lipinski definition) is 9. The molecule has 1 aromatic heterocycles. The smallest absolute Gasteiger partial charge is 0.407 e. The number of carbonyl (C=O) groups is 3. The van der Waals surface area contributed by atoms with Crippen LogP contribution in [0.2, 0.25) is 0 Å². The fourth-order valence-corrected chi connectivity index (χ4v) is 3.97. The molecule has 12 nitrogen and oxygen atoms in total. The number of nitrogens with zero attached hydrogens (tertiary/aromatic N) is 2. The van der Waals surface area contributed by atoms with E-state index in [9.17, 15) is 14.4 Å². The van der Waals surface area contributed by atoms with E-state index in [-0.39, 0.29) is 26.0 Å². The van der Waals surface area contributed by atoms with Gasteiger partial charge in [-0.3, -0.25) is 0 Å². The number of ether oxygens (including phenoxy) is 3. The second kappa shape index (κ2) is 15.2. The van der Waals surface area contributed by atoms with Crippen LogP contribution in [0.25, 0.3) is 11.3 Å². The van der Waals surface area contributed by atoms with Gasteiger partial charge in [-0.15, -0.1) is 0 Å². The molecule has 0 aliphatic carbocycles. The monoisotopic (exact) mass is 583 g/mol. The van der Waals surface area contributed by atoms with Gasteiger partial charge in [0.2, 0.25) is 0 Å². The first-order chi connectivity index (χ1) is 20.9. The molecule has 0 saturated heterocycles. The molecular weight excluding hydrogens is 554 g/mol. The van der Waals surface area contributed by atoms with E-state index in [1.165, 1.54) is 13.5 Å². The molecule has 1 atom stereocenters. The van der Waals surface area contributed by atoms with Crippen molar-refractivity contribution in [2.45, 2.75) is 25.5 Å². The summed E-state index contributed by atoms with van der Waals surface area (Å²) >= 11 is 0. The van der Waals surface area contributed by atoms with Crippen molar-refractivity contribution in [1.29, 1.82) is 5.26 Å². The summed E-state index contributed by atoms with van der Waals surface area (Å²) in [4.78, 5) is 41.2. The Kier molecular flexibility index (Phi) is 10.7. The summed E-state index contributed by atoms with van der Waals surface area (Å²) in [6.45, 7) is -0.0863. The van der Waals surface area contributed by atoms with E-state index in [1.807, 2.05) is 6.07 Å². The van der Waals surface area contributed by atoms with Crippen molar-refractivity contribution in [3.05, 3.63) is 96.5 Å². The molecule has 0 fully saturated rings. The van der Waals surface area contributed by atoms with Crippen molar-refractivity contribution in [2.24, 2.45) is 0 Å². The third kappa shape index (κ3) is 9.09. The van der Waals surface area contributed by atoms with E-state index in [0.717, 1.165) is 0 Å². The highest BCUT2D eigenvalue weighted by Crippen LogP contribution is 2.32. The molecule has 0 aliphatic rings. The number of oxazole rings is 1.